The van der Waals surface area contributed by atoms with Crippen molar-refractivity contribution in [2.75, 3.05) is 0 Å². The highest BCUT2D eigenvalue weighted by Crippen LogP contribution is 2.30. The van der Waals surface area contributed by atoms with Gasteiger partial charge in [-0.05, 0) is 30.9 Å². The van der Waals surface area contributed by atoms with Crippen molar-refractivity contribution in [3.8, 4) is 0 Å². The quantitative estimate of drug-likeness (QED) is 0.720. The minimum absolute atomic E-state index is 0.225. The number of thiophene rings is 1. The first-order valence-corrected chi connectivity index (χ1v) is 8.76. The van der Waals surface area contributed by atoms with Gasteiger partial charge in [-0.3, -0.25) is 5.32 Å². The van der Waals surface area contributed by atoms with Gasteiger partial charge in [0.25, 0.3) is 0 Å². The molecule has 0 radical (unpaired) electrons. The molecular formula is C17H18N2S2. The summed E-state index contributed by atoms with van der Waals surface area (Å²) in [7, 11) is 0. The highest BCUT2D eigenvalue weighted by atomic mass is 32.1. The average Bonchev–Trinajstić information content (AvgIpc) is 3.17. The number of aryl methyl sites for hydroxylation is 1. The third-order valence-electron chi connectivity index (χ3n) is 3.55. The molecule has 3 rings (SSSR count). The van der Waals surface area contributed by atoms with Crippen LogP contribution in [0.5, 0.6) is 0 Å². The normalized spacial score (nSPS) is 14.0. The van der Waals surface area contributed by atoms with Crippen molar-refractivity contribution in [1.82, 2.24) is 10.3 Å². The van der Waals surface area contributed by atoms with Gasteiger partial charge >= 0.3 is 0 Å². The first-order valence-electron chi connectivity index (χ1n) is 7.00. The van der Waals surface area contributed by atoms with E-state index in [1.165, 1.54) is 15.3 Å². The molecule has 1 aromatic carbocycles. The predicted molar refractivity (Wildman–Crippen MR) is 91.0 cm³/mol. The van der Waals surface area contributed by atoms with Crippen LogP contribution >= 0.6 is 22.7 Å². The minimum atomic E-state index is 0.225. The first kappa shape index (κ1) is 14.4. The Bertz CT molecular complexity index is 674. The zero-order valence-corrected chi connectivity index (χ0v) is 13.7. The fraction of sp³-hybridized carbons (Fsp3) is 0.235. The number of rotatable bonds is 5. The Kier molecular flexibility index (Phi) is 4.48. The number of hydrogen-bond acceptors (Lipinski definition) is 4. The van der Waals surface area contributed by atoms with Gasteiger partial charge in [0.15, 0.2) is 0 Å². The number of aromatic nitrogens is 1. The lowest BCUT2D eigenvalue weighted by Crippen LogP contribution is -2.24. The van der Waals surface area contributed by atoms with Crippen molar-refractivity contribution in [3.63, 3.8) is 0 Å². The Balaban J connectivity index is 1.89. The minimum Gasteiger partial charge on any atom is -0.298 e. The van der Waals surface area contributed by atoms with Crippen molar-refractivity contribution in [1.29, 1.82) is 0 Å². The maximum absolute atomic E-state index is 4.36. The molecule has 2 atom stereocenters. The molecule has 0 aliphatic rings. The summed E-state index contributed by atoms with van der Waals surface area (Å²) in [6.45, 7) is 4.29. The summed E-state index contributed by atoms with van der Waals surface area (Å²) < 4.78 is 0. The molecule has 4 heteroatoms. The molecule has 2 heterocycles. The van der Waals surface area contributed by atoms with Crippen LogP contribution in [0, 0.1) is 6.92 Å². The monoisotopic (exact) mass is 314 g/mol. The van der Waals surface area contributed by atoms with E-state index in [4.69, 9.17) is 0 Å². The van der Waals surface area contributed by atoms with Crippen LogP contribution in [0.15, 0.2) is 53.4 Å². The Labute approximate surface area is 133 Å². The number of hydrogen-bond donors (Lipinski definition) is 1. The second-order valence-electron chi connectivity index (χ2n) is 5.05. The fourth-order valence-electron chi connectivity index (χ4n) is 2.50. The molecule has 0 aliphatic heterocycles. The standard InChI is InChI=1S/C17H18N2S2/c1-12-17(21-11-18-12)13(2)19-16(15-9-6-10-20-15)14-7-4-3-5-8-14/h3-11,13,16,19H,1-2H3. The fourth-order valence-corrected chi connectivity index (χ4v) is 4.13. The summed E-state index contributed by atoms with van der Waals surface area (Å²) in [5, 5.41) is 5.89. The Hall–Kier alpha value is -1.49. The second kappa shape index (κ2) is 6.52. The molecule has 0 saturated carbocycles. The zero-order chi connectivity index (χ0) is 14.7. The van der Waals surface area contributed by atoms with Gasteiger partial charge < -0.3 is 0 Å². The van der Waals surface area contributed by atoms with E-state index in [0.29, 0.717) is 0 Å². The molecule has 21 heavy (non-hydrogen) atoms. The van der Waals surface area contributed by atoms with Gasteiger partial charge in [0.2, 0.25) is 0 Å². The SMILES string of the molecule is Cc1ncsc1C(C)NC(c1ccccc1)c1cccs1. The zero-order valence-electron chi connectivity index (χ0n) is 12.1. The van der Waals surface area contributed by atoms with Crippen molar-refractivity contribution in [2.24, 2.45) is 0 Å². The highest BCUT2D eigenvalue weighted by molar-refractivity contribution is 7.10. The molecule has 3 aromatic rings. The van der Waals surface area contributed by atoms with E-state index in [-0.39, 0.29) is 12.1 Å². The third kappa shape index (κ3) is 3.23. The summed E-state index contributed by atoms with van der Waals surface area (Å²) in [4.78, 5) is 7.02. The largest absolute Gasteiger partial charge is 0.298 e. The van der Waals surface area contributed by atoms with E-state index in [1.807, 2.05) is 5.51 Å². The van der Waals surface area contributed by atoms with Crippen LogP contribution in [0.1, 0.15) is 40.0 Å². The maximum atomic E-state index is 4.36. The van der Waals surface area contributed by atoms with E-state index in [1.54, 1.807) is 22.7 Å². The van der Waals surface area contributed by atoms with Crippen molar-refractivity contribution >= 4 is 22.7 Å². The van der Waals surface area contributed by atoms with Crippen molar-refractivity contribution in [2.45, 2.75) is 25.9 Å². The van der Waals surface area contributed by atoms with Gasteiger partial charge in [-0.1, -0.05) is 36.4 Å². The molecule has 0 amide bonds. The van der Waals surface area contributed by atoms with Crippen molar-refractivity contribution < 1.29 is 0 Å². The lowest BCUT2D eigenvalue weighted by atomic mass is 10.0. The number of nitrogens with one attached hydrogen (secondary N) is 1. The molecule has 0 bridgehead atoms. The summed E-state index contributed by atoms with van der Waals surface area (Å²) in [5.74, 6) is 0. The van der Waals surface area contributed by atoms with Crippen LogP contribution in [0.3, 0.4) is 0 Å². The molecule has 0 saturated heterocycles. The number of benzene rings is 1. The van der Waals surface area contributed by atoms with E-state index >= 15 is 0 Å². The van der Waals surface area contributed by atoms with Crippen molar-refractivity contribution in [3.05, 3.63) is 74.4 Å². The Morgan fingerprint density at radius 1 is 1.05 bits per heavy atom. The summed E-state index contributed by atoms with van der Waals surface area (Å²) in [6.07, 6.45) is 0. The first-order chi connectivity index (χ1) is 10.3. The van der Waals surface area contributed by atoms with Gasteiger partial charge in [0.05, 0.1) is 17.2 Å². The molecule has 2 aromatic heterocycles. The average molecular weight is 314 g/mol. The molecule has 0 spiro atoms. The molecule has 0 fully saturated rings. The van der Waals surface area contributed by atoms with Crippen LogP contribution in [0.4, 0.5) is 0 Å². The van der Waals surface area contributed by atoms with Gasteiger partial charge in [-0.25, -0.2) is 4.98 Å². The smallest absolute Gasteiger partial charge is 0.0798 e. The second-order valence-corrected chi connectivity index (χ2v) is 6.92. The number of thiazole rings is 1. The van der Waals surface area contributed by atoms with Gasteiger partial charge in [0, 0.05) is 15.8 Å². The third-order valence-corrected chi connectivity index (χ3v) is 5.60. The van der Waals surface area contributed by atoms with Crippen LogP contribution in [-0.4, -0.2) is 4.98 Å². The van der Waals surface area contributed by atoms with Crippen LogP contribution in [-0.2, 0) is 0 Å². The molecule has 108 valence electrons. The Morgan fingerprint density at radius 2 is 1.86 bits per heavy atom. The van der Waals surface area contributed by atoms with E-state index in [0.717, 1.165) is 5.69 Å². The summed E-state index contributed by atoms with van der Waals surface area (Å²) >= 11 is 3.52. The molecule has 0 aliphatic carbocycles. The van der Waals surface area contributed by atoms with E-state index in [9.17, 15) is 0 Å². The molecule has 1 N–H and O–H groups in total. The van der Waals surface area contributed by atoms with Crippen LogP contribution < -0.4 is 5.32 Å². The van der Waals surface area contributed by atoms with Gasteiger partial charge in [-0.15, -0.1) is 22.7 Å². The summed E-state index contributed by atoms with van der Waals surface area (Å²) in [6, 6.07) is 15.4. The molecule has 2 unspecified atom stereocenters. The summed E-state index contributed by atoms with van der Waals surface area (Å²) in [5.41, 5.74) is 4.35. The topological polar surface area (TPSA) is 24.9 Å². The van der Waals surface area contributed by atoms with Crippen LogP contribution in [0.25, 0.3) is 0 Å². The highest BCUT2D eigenvalue weighted by Gasteiger charge is 2.20. The van der Waals surface area contributed by atoms with Gasteiger partial charge in [0.1, 0.15) is 0 Å². The maximum Gasteiger partial charge on any atom is 0.0798 e. The van der Waals surface area contributed by atoms with Crippen LogP contribution in [0.2, 0.25) is 0 Å². The van der Waals surface area contributed by atoms with Gasteiger partial charge in [-0.2, -0.15) is 0 Å². The Morgan fingerprint density at radius 3 is 2.48 bits per heavy atom. The molecular weight excluding hydrogens is 296 g/mol. The lowest BCUT2D eigenvalue weighted by molar-refractivity contribution is 0.525. The lowest BCUT2D eigenvalue weighted by Gasteiger charge is -2.22. The number of nitrogens with zero attached hydrogens (tertiary/aromatic N) is 1. The van der Waals surface area contributed by atoms with E-state index < -0.39 is 0 Å². The van der Waals surface area contributed by atoms with E-state index in [2.05, 4.69) is 72.0 Å². The molecule has 2 nitrogen and oxygen atoms in total. The predicted octanol–water partition coefficient (Wildman–Crippen LogP) is 4.95.